The second-order valence-electron chi connectivity index (χ2n) is 1.90. The van der Waals surface area contributed by atoms with Gasteiger partial charge in [0.1, 0.15) is 0 Å². The minimum absolute atomic E-state index is 0.332. The van der Waals surface area contributed by atoms with Gasteiger partial charge >= 0.3 is 0 Å². The first kappa shape index (κ1) is 12.8. The number of benzene rings is 1. The van der Waals surface area contributed by atoms with Crippen LogP contribution in [-0.2, 0) is 0 Å². The lowest BCUT2D eigenvalue weighted by molar-refractivity contribution is 0.108. The zero-order chi connectivity index (χ0) is 10.4. The molecule has 0 saturated carbocycles. The van der Waals surface area contributed by atoms with Crippen LogP contribution >= 0.6 is 34.8 Å². The minimum atomic E-state index is -0.538. The second-order valence-corrected chi connectivity index (χ2v) is 3.06. The molecule has 4 heteroatoms. The smallest absolute Gasteiger partial charge is 0.252 e. The lowest BCUT2D eigenvalue weighted by atomic mass is 10.2. The third-order valence-electron chi connectivity index (χ3n) is 1.15. The summed E-state index contributed by atoms with van der Waals surface area (Å²) in [6, 6.07) is 4.47. The standard InChI is InChI=1S/C7H3Cl3O.C2H6/c8-5-2-1-4(7(10)11)3-6(5)9;1-2/h1-3H;1-2H3. The van der Waals surface area contributed by atoms with E-state index in [9.17, 15) is 4.79 Å². The summed E-state index contributed by atoms with van der Waals surface area (Å²) in [5.41, 5.74) is 0.348. The van der Waals surface area contributed by atoms with Crippen LogP contribution in [0.4, 0.5) is 0 Å². The predicted octanol–water partition coefficient (Wildman–Crippen LogP) is 4.40. The van der Waals surface area contributed by atoms with E-state index in [-0.39, 0.29) is 0 Å². The summed E-state index contributed by atoms with van der Waals surface area (Å²) in [5.74, 6) is 0. The predicted molar refractivity (Wildman–Crippen MR) is 58.0 cm³/mol. The second kappa shape index (κ2) is 6.25. The van der Waals surface area contributed by atoms with Crippen molar-refractivity contribution >= 4 is 40.0 Å². The molecule has 0 spiro atoms. The van der Waals surface area contributed by atoms with Gasteiger partial charge in [-0.15, -0.1) is 0 Å². The van der Waals surface area contributed by atoms with Gasteiger partial charge in [-0.3, -0.25) is 4.79 Å². The average Bonchev–Trinajstić information content (AvgIpc) is 2.13. The Morgan fingerprint density at radius 1 is 1.15 bits per heavy atom. The zero-order valence-electron chi connectivity index (χ0n) is 7.27. The molecule has 13 heavy (non-hydrogen) atoms. The fraction of sp³-hybridized carbons (Fsp3) is 0.222. The number of rotatable bonds is 1. The van der Waals surface area contributed by atoms with Crippen LogP contribution in [0.15, 0.2) is 18.2 Å². The first-order valence-electron chi connectivity index (χ1n) is 3.76. The molecule has 0 aliphatic heterocycles. The molecule has 1 rings (SSSR count). The highest BCUT2D eigenvalue weighted by molar-refractivity contribution is 6.67. The molecule has 0 aliphatic rings. The van der Waals surface area contributed by atoms with Crippen molar-refractivity contribution in [1.29, 1.82) is 0 Å². The van der Waals surface area contributed by atoms with E-state index in [4.69, 9.17) is 34.8 Å². The highest BCUT2D eigenvalue weighted by Gasteiger charge is 2.03. The van der Waals surface area contributed by atoms with Gasteiger partial charge in [-0.25, -0.2) is 0 Å². The molecule has 1 aromatic carbocycles. The fourth-order valence-electron chi connectivity index (χ4n) is 0.618. The molecule has 1 nitrogen and oxygen atoms in total. The van der Waals surface area contributed by atoms with Gasteiger partial charge in [0.05, 0.1) is 10.0 Å². The van der Waals surface area contributed by atoms with Crippen molar-refractivity contribution < 1.29 is 4.79 Å². The Bertz CT molecular complexity index is 297. The van der Waals surface area contributed by atoms with Gasteiger partial charge in [-0.1, -0.05) is 37.0 Å². The Morgan fingerprint density at radius 2 is 1.69 bits per heavy atom. The maximum absolute atomic E-state index is 10.6. The van der Waals surface area contributed by atoms with E-state index in [1.807, 2.05) is 13.8 Å². The quantitative estimate of drug-likeness (QED) is 0.664. The third-order valence-corrected chi connectivity index (χ3v) is 2.10. The molecule has 0 radical (unpaired) electrons. The molecule has 0 bridgehead atoms. The van der Waals surface area contributed by atoms with Gasteiger partial charge in [-0.2, -0.15) is 0 Å². The van der Waals surface area contributed by atoms with E-state index in [0.717, 1.165) is 0 Å². The van der Waals surface area contributed by atoms with E-state index >= 15 is 0 Å². The summed E-state index contributed by atoms with van der Waals surface area (Å²) < 4.78 is 0. The average molecular weight is 240 g/mol. The van der Waals surface area contributed by atoms with Crippen LogP contribution in [0.2, 0.25) is 10.0 Å². The molecule has 0 heterocycles. The summed E-state index contributed by atoms with van der Waals surface area (Å²) in [6.07, 6.45) is 0. The van der Waals surface area contributed by atoms with Crippen LogP contribution in [0, 0.1) is 0 Å². The molecule has 0 amide bonds. The van der Waals surface area contributed by atoms with Crippen molar-refractivity contribution in [3.8, 4) is 0 Å². The summed E-state index contributed by atoms with van der Waals surface area (Å²) in [6.45, 7) is 4.00. The van der Waals surface area contributed by atoms with E-state index < -0.39 is 5.24 Å². The molecule has 0 atom stereocenters. The first-order valence-corrected chi connectivity index (χ1v) is 4.89. The molecule has 0 N–H and O–H groups in total. The number of carbonyl (C=O) groups is 1. The van der Waals surface area contributed by atoms with Gasteiger partial charge in [0, 0.05) is 5.56 Å². The summed E-state index contributed by atoms with van der Waals surface area (Å²) in [7, 11) is 0. The topological polar surface area (TPSA) is 17.1 Å². The summed E-state index contributed by atoms with van der Waals surface area (Å²) >= 11 is 16.4. The lowest BCUT2D eigenvalue weighted by Gasteiger charge is -1.96. The molecule has 72 valence electrons. The van der Waals surface area contributed by atoms with E-state index in [1.54, 1.807) is 0 Å². The van der Waals surface area contributed by atoms with Gasteiger partial charge in [0.2, 0.25) is 0 Å². The van der Waals surface area contributed by atoms with Crippen LogP contribution in [0.5, 0.6) is 0 Å². The molecular weight excluding hydrogens is 230 g/mol. The van der Waals surface area contributed by atoms with Gasteiger partial charge in [0.15, 0.2) is 0 Å². The summed E-state index contributed by atoms with van der Waals surface area (Å²) in [4.78, 5) is 10.6. The van der Waals surface area contributed by atoms with Gasteiger partial charge in [-0.05, 0) is 29.8 Å². The van der Waals surface area contributed by atoms with Crippen molar-refractivity contribution in [3.05, 3.63) is 33.8 Å². The van der Waals surface area contributed by atoms with Crippen LogP contribution in [-0.4, -0.2) is 5.24 Å². The maximum atomic E-state index is 10.6. The Balaban J connectivity index is 0.000000671. The molecule has 1 aromatic rings. The Morgan fingerprint density at radius 3 is 2.08 bits per heavy atom. The van der Waals surface area contributed by atoms with E-state index in [2.05, 4.69) is 0 Å². The number of halogens is 3. The molecule has 0 saturated heterocycles. The molecule has 0 aromatic heterocycles. The summed E-state index contributed by atoms with van der Waals surface area (Å²) in [5, 5.41) is 0.204. The van der Waals surface area contributed by atoms with Crippen LogP contribution in [0.3, 0.4) is 0 Å². The van der Waals surface area contributed by atoms with E-state index in [1.165, 1.54) is 18.2 Å². The Hall–Kier alpha value is -0.240. The van der Waals surface area contributed by atoms with Gasteiger partial charge < -0.3 is 0 Å². The van der Waals surface area contributed by atoms with Crippen LogP contribution in [0.25, 0.3) is 0 Å². The van der Waals surface area contributed by atoms with Crippen molar-refractivity contribution in [2.45, 2.75) is 13.8 Å². The SMILES string of the molecule is CC.O=C(Cl)c1ccc(Cl)c(Cl)c1. The monoisotopic (exact) mass is 238 g/mol. The largest absolute Gasteiger partial charge is 0.276 e. The third kappa shape index (κ3) is 3.99. The van der Waals surface area contributed by atoms with E-state index in [0.29, 0.717) is 15.6 Å². The minimum Gasteiger partial charge on any atom is -0.276 e. The molecule has 0 unspecified atom stereocenters. The normalized spacial score (nSPS) is 8.69. The van der Waals surface area contributed by atoms with Crippen molar-refractivity contribution in [1.82, 2.24) is 0 Å². The molecular formula is C9H9Cl3O. The van der Waals surface area contributed by atoms with Crippen molar-refractivity contribution in [2.75, 3.05) is 0 Å². The highest BCUT2D eigenvalue weighted by atomic mass is 35.5. The maximum Gasteiger partial charge on any atom is 0.252 e. The lowest BCUT2D eigenvalue weighted by Crippen LogP contribution is -1.87. The Labute approximate surface area is 92.6 Å². The Kier molecular flexibility index (Phi) is 6.13. The highest BCUT2D eigenvalue weighted by Crippen LogP contribution is 2.23. The number of hydrogen-bond acceptors (Lipinski definition) is 1. The van der Waals surface area contributed by atoms with Gasteiger partial charge in [0.25, 0.3) is 5.24 Å². The molecule has 0 aliphatic carbocycles. The number of hydrogen-bond donors (Lipinski definition) is 0. The fourth-order valence-corrected chi connectivity index (χ4v) is 1.03. The first-order chi connectivity index (χ1) is 6.11. The van der Waals surface area contributed by atoms with Crippen molar-refractivity contribution in [3.63, 3.8) is 0 Å². The van der Waals surface area contributed by atoms with Crippen molar-refractivity contribution in [2.24, 2.45) is 0 Å². The zero-order valence-corrected chi connectivity index (χ0v) is 9.54. The van der Waals surface area contributed by atoms with Crippen LogP contribution in [0.1, 0.15) is 24.2 Å². The molecule has 0 fully saturated rings. The number of carbonyl (C=O) groups excluding carboxylic acids is 1. The van der Waals surface area contributed by atoms with Crippen LogP contribution < -0.4 is 0 Å².